The molecule has 0 aliphatic carbocycles. The van der Waals surface area contributed by atoms with E-state index in [4.69, 9.17) is 0 Å². The fraction of sp³-hybridized carbons (Fsp3) is 0.105. The standard InChI is InChI=1S/C19H17NO.BF4/c1-20(2)17-13-7-11-14-10-6-12-16(18(14)17)19(21)15-8-4-3-5-9-15;2-1(3,4)5/h3-13H,1-2H3;/q;-1/p+1. The zero-order valence-electron chi connectivity index (χ0n) is 14.3. The molecule has 0 aromatic heterocycles. The van der Waals surface area contributed by atoms with Crippen LogP contribution in [0.1, 0.15) is 15.9 Å². The lowest BCUT2D eigenvalue weighted by atomic mass is 9.96. The minimum absolute atomic E-state index is 0.0786. The van der Waals surface area contributed by atoms with E-state index >= 15 is 0 Å². The Bertz CT molecular complexity index is 884. The van der Waals surface area contributed by atoms with Crippen LogP contribution in [-0.2, 0) is 0 Å². The van der Waals surface area contributed by atoms with Crippen molar-refractivity contribution < 1.29 is 27.0 Å². The summed E-state index contributed by atoms with van der Waals surface area (Å²) >= 11 is 0. The van der Waals surface area contributed by atoms with Gasteiger partial charge in [-0.15, -0.1) is 0 Å². The van der Waals surface area contributed by atoms with Gasteiger partial charge in [-0.2, -0.15) is 0 Å². The molecule has 0 amide bonds. The van der Waals surface area contributed by atoms with Crippen LogP contribution in [0.15, 0.2) is 66.7 Å². The predicted octanol–water partition coefficient (Wildman–Crippen LogP) is 4.15. The van der Waals surface area contributed by atoms with E-state index in [2.05, 4.69) is 32.3 Å². The van der Waals surface area contributed by atoms with Gasteiger partial charge in [0.2, 0.25) is 0 Å². The van der Waals surface area contributed by atoms with Crippen LogP contribution in [0.25, 0.3) is 10.8 Å². The number of halogens is 4. The van der Waals surface area contributed by atoms with Crippen molar-refractivity contribution in [3.8, 4) is 0 Å². The smallest absolute Gasteiger partial charge is 0.418 e. The molecule has 0 saturated heterocycles. The van der Waals surface area contributed by atoms with E-state index in [0.717, 1.165) is 27.6 Å². The highest BCUT2D eigenvalue weighted by Gasteiger charge is 2.20. The molecule has 0 fully saturated rings. The Hall–Kier alpha value is -2.67. The molecular weight excluding hydrogens is 345 g/mol. The summed E-state index contributed by atoms with van der Waals surface area (Å²) in [5.41, 5.74) is 2.65. The normalized spacial score (nSPS) is 11.2. The van der Waals surface area contributed by atoms with Gasteiger partial charge in [0.1, 0.15) is 5.69 Å². The summed E-state index contributed by atoms with van der Waals surface area (Å²) in [5, 5.41) is 2.16. The highest BCUT2D eigenvalue weighted by atomic mass is 19.5. The number of quaternary nitrogens is 1. The van der Waals surface area contributed by atoms with Gasteiger partial charge in [0.25, 0.3) is 0 Å². The van der Waals surface area contributed by atoms with Gasteiger partial charge in [0.15, 0.2) is 5.78 Å². The summed E-state index contributed by atoms with van der Waals surface area (Å²) in [6.45, 7) is 0. The second-order valence-electron chi connectivity index (χ2n) is 5.90. The van der Waals surface area contributed by atoms with Crippen molar-refractivity contribution in [2.45, 2.75) is 0 Å². The highest BCUT2D eigenvalue weighted by Crippen LogP contribution is 2.26. The third-order valence-corrected chi connectivity index (χ3v) is 3.72. The zero-order valence-corrected chi connectivity index (χ0v) is 14.3. The molecule has 0 unspecified atom stereocenters. The number of benzene rings is 3. The zero-order chi connectivity index (χ0) is 19.3. The van der Waals surface area contributed by atoms with E-state index in [9.17, 15) is 22.1 Å². The Morgan fingerprint density at radius 1 is 0.808 bits per heavy atom. The summed E-state index contributed by atoms with van der Waals surface area (Å²) in [5.74, 6) is 0.0786. The van der Waals surface area contributed by atoms with E-state index in [-0.39, 0.29) is 5.78 Å². The molecule has 26 heavy (non-hydrogen) atoms. The molecule has 3 aromatic rings. The maximum Gasteiger partial charge on any atom is 0.673 e. The van der Waals surface area contributed by atoms with Gasteiger partial charge in [-0.25, -0.2) is 0 Å². The first-order valence-corrected chi connectivity index (χ1v) is 7.98. The van der Waals surface area contributed by atoms with Gasteiger partial charge in [-0.05, 0) is 11.5 Å². The van der Waals surface area contributed by atoms with E-state index in [1.165, 1.54) is 4.90 Å². The van der Waals surface area contributed by atoms with Crippen LogP contribution < -0.4 is 4.90 Å². The van der Waals surface area contributed by atoms with E-state index in [1.54, 1.807) is 0 Å². The fourth-order valence-corrected chi connectivity index (χ4v) is 2.69. The molecule has 0 saturated carbocycles. The molecule has 1 N–H and O–H groups in total. The minimum atomic E-state index is -6.00. The Morgan fingerprint density at radius 2 is 1.35 bits per heavy atom. The Morgan fingerprint density at radius 3 is 1.88 bits per heavy atom. The minimum Gasteiger partial charge on any atom is -0.418 e. The number of ketones is 1. The van der Waals surface area contributed by atoms with Gasteiger partial charge in [0, 0.05) is 11.1 Å². The lowest BCUT2D eigenvalue weighted by Gasteiger charge is -2.13. The summed E-state index contributed by atoms with van der Waals surface area (Å²) in [7, 11) is -1.84. The van der Waals surface area contributed by atoms with Crippen LogP contribution in [0.5, 0.6) is 0 Å². The largest absolute Gasteiger partial charge is 0.673 e. The maximum atomic E-state index is 12.8. The molecule has 0 aliphatic rings. The molecule has 0 spiro atoms. The van der Waals surface area contributed by atoms with Crippen molar-refractivity contribution in [1.82, 2.24) is 0 Å². The first-order chi connectivity index (χ1) is 12.2. The Labute approximate surface area is 149 Å². The number of nitrogens with one attached hydrogen (secondary N) is 1. The molecule has 136 valence electrons. The lowest BCUT2D eigenvalue weighted by Crippen LogP contribution is -3.00. The molecular formula is C19H18BF4NO. The third kappa shape index (κ3) is 5.16. The van der Waals surface area contributed by atoms with Crippen LogP contribution in [-0.4, -0.2) is 27.1 Å². The fourth-order valence-electron chi connectivity index (χ4n) is 2.69. The molecule has 0 heterocycles. The first-order valence-electron chi connectivity index (χ1n) is 7.98. The second-order valence-corrected chi connectivity index (χ2v) is 5.90. The van der Waals surface area contributed by atoms with Crippen molar-refractivity contribution in [3.63, 3.8) is 0 Å². The van der Waals surface area contributed by atoms with E-state index < -0.39 is 7.25 Å². The van der Waals surface area contributed by atoms with Crippen molar-refractivity contribution >= 4 is 29.5 Å². The van der Waals surface area contributed by atoms with Crippen molar-refractivity contribution in [3.05, 3.63) is 77.9 Å². The maximum absolute atomic E-state index is 12.8. The van der Waals surface area contributed by atoms with Gasteiger partial charge in [0.05, 0.1) is 19.5 Å². The van der Waals surface area contributed by atoms with Crippen LogP contribution in [0.4, 0.5) is 23.0 Å². The molecule has 3 aromatic carbocycles. The molecule has 0 atom stereocenters. The number of hydrogen-bond donors (Lipinski definition) is 1. The van der Waals surface area contributed by atoms with Crippen molar-refractivity contribution in [2.75, 3.05) is 14.1 Å². The molecule has 7 heteroatoms. The van der Waals surface area contributed by atoms with Crippen LogP contribution >= 0.6 is 0 Å². The molecule has 2 nitrogen and oxygen atoms in total. The third-order valence-electron chi connectivity index (χ3n) is 3.72. The van der Waals surface area contributed by atoms with Gasteiger partial charge in [-0.3, -0.25) is 4.79 Å². The number of carbonyl (C=O) groups excluding carboxylic acids is 1. The summed E-state index contributed by atoms with van der Waals surface area (Å²) in [6, 6.07) is 21.6. The average Bonchev–Trinajstić information content (AvgIpc) is 2.59. The number of carbonyl (C=O) groups is 1. The molecule has 0 radical (unpaired) electrons. The molecule has 0 aliphatic heterocycles. The summed E-state index contributed by atoms with van der Waals surface area (Å²) in [6.07, 6.45) is 0. The van der Waals surface area contributed by atoms with Gasteiger partial charge in [-0.1, -0.05) is 60.7 Å². The van der Waals surface area contributed by atoms with E-state index in [1.807, 2.05) is 48.5 Å². The summed E-state index contributed by atoms with van der Waals surface area (Å²) < 4.78 is 39.0. The molecule has 0 bridgehead atoms. The topological polar surface area (TPSA) is 21.5 Å². The highest BCUT2D eigenvalue weighted by molar-refractivity contribution is 6.50. The monoisotopic (exact) mass is 363 g/mol. The van der Waals surface area contributed by atoms with Crippen LogP contribution in [0, 0.1) is 0 Å². The average molecular weight is 363 g/mol. The van der Waals surface area contributed by atoms with E-state index in [0.29, 0.717) is 0 Å². The van der Waals surface area contributed by atoms with Crippen molar-refractivity contribution in [1.29, 1.82) is 0 Å². The second kappa shape index (κ2) is 8.14. The van der Waals surface area contributed by atoms with Crippen molar-refractivity contribution in [2.24, 2.45) is 0 Å². The van der Waals surface area contributed by atoms with Crippen LogP contribution in [0.3, 0.4) is 0 Å². The van der Waals surface area contributed by atoms with Crippen LogP contribution in [0.2, 0.25) is 0 Å². The quantitative estimate of drug-likeness (QED) is 0.422. The van der Waals surface area contributed by atoms with Gasteiger partial charge >= 0.3 is 7.25 Å². The number of fused-ring (bicyclic) bond motifs is 1. The number of rotatable bonds is 3. The summed E-state index contributed by atoms with van der Waals surface area (Å²) in [4.78, 5) is 14.0. The predicted molar refractivity (Wildman–Crippen MR) is 96.5 cm³/mol. The first kappa shape index (κ1) is 19.7. The number of hydrogen-bond acceptors (Lipinski definition) is 1. The van der Waals surface area contributed by atoms with Gasteiger partial charge < -0.3 is 22.2 Å². The SMILES string of the molecule is C[NH+](C)c1cccc2cccc(C(=O)c3ccccc3)c12.F[B-](F)(F)F. The molecule has 3 rings (SSSR count). The lowest BCUT2D eigenvalue weighted by molar-refractivity contribution is -0.785. The Balaban J connectivity index is 0.000000431. The Kier molecular flexibility index (Phi) is 6.16.